The monoisotopic (exact) mass is 552 g/mol. The Morgan fingerprint density at radius 2 is 1.85 bits per heavy atom. The number of amides is 1. The van der Waals surface area contributed by atoms with Gasteiger partial charge in [-0.15, -0.1) is 10.2 Å². The van der Waals surface area contributed by atoms with E-state index in [0.717, 1.165) is 31.7 Å². The zero-order valence-corrected chi connectivity index (χ0v) is 21.0. The minimum absolute atomic E-state index is 0.0131. The second-order valence-corrected chi connectivity index (χ2v) is 10.1. The number of aromatic nitrogens is 6. The summed E-state index contributed by atoms with van der Waals surface area (Å²) in [6.45, 7) is 0.264. The number of benzene rings is 1. The van der Waals surface area contributed by atoms with Crippen molar-refractivity contribution >= 4 is 5.91 Å². The first kappa shape index (κ1) is 27.2. The van der Waals surface area contributed by atoms with Gasteiger partial charge in [-0.05, 0) is 31.4 Å². The lowest BCUT2D eigenvalue weighted by molar-refractivity contribution is -0.137. The number of likely N-dealkylation sites (tertiary alicyclic amines) is 1. The molecule has 2 fully saturated rings. The summed E-state index contributed by atoms with van der Waals surface area (Å²) in [6.07, 6.45) is -3.78. The molecule has 1 aliphatic carbocycles. The second-order valence-electron chi connectivity index (χ2n) is 10.1. The van der Waals surface area contributed by atoms with Gasteiger partial charge >= 0.3 is 6.18 Å². The van der Waals surface area contributed by atoms with Gasteiger partial charge < -0.3 is 5.32 Å². The zero-order chi connectivity index (χ0) is 27.6. The molecular formula is C25H29F5N8O. The highest BCUT2D eigenvalue weighted by atomic mass is 19.4. The van der Waals surface area contributed by atoms with E-state index in [2.05, 4.69) is 31.0 Å². The van der Waals surface area contributed by atoms with E-state index in [0.29, 0.717) is 18.8 Å². The first-order valence-electron chi connectivity index (χ1n) is 13.0. The zero-order valence-electron chi connectivity index (χ0n) is 21.0. The van der Waals surface area contributed by atoms with E-state index < -0.39 is 36.0 Å². The average molecular weight is 553 g/mol. The molecular weight excluding hydrogens is 523 g/mol. The van der Waals surface area contributed by atoms with Crippen molar-refractivity contribution in [2.75, 3.05) is 19.6 Å². The third kappa shape index (κ3) is 6.26. The number of nitrogens with zero attached hydrogens (tertiary/aromatic N) is 6. The van der Waals surface area contributed by atoms with Crippen LogP contribution < -0.4 is 5.32 Å². The van der Waals surface area contributed by atoms with Gasteiger partial charge in [0.25, 0.3) is 5.91 Å². The van der Waals surface area contributed by atoms with Crippen molar-refractivity contribution in [3.05, 3.63) is 47.4 Å². The van der Waals surface area contributed by atoms with Gasteiger partial charge in [0.1, 0.15) is 12.3 Å². The van der Waals surface area contributed by atoms with Crippen LogP contribution in [0.15, 0.2) is 30.3 Å². The summed E-state index contributed by atoms with van der Waals surface area (Å²) in [7, 11) is 0. The summed E-state index contributed by atoms with van der Waals surface area (Å²) in [5, 5.41) is 21.1. The lowest BCUT2D eigenvalue weighted by Gasteiger charge is -2.21. The highest BCUT2D eigenvalue weighted by molar-refractivity contribution is 5.93. The van der Waals surface area contributed by atoms with Crippen molar-refractivity contribution < 1.29 is 26.7 Å². The molecule has 5 rings (SSSR count). The maximum absolute atomic E-state index is 13.8. The van der Waals surface area contributed by atoms with Crippen LogP contribution in [0.5, 0.6) is 0 Å². The molecule has 9 nitrogen and oxygen atoms in total. The number of nitrogens with one attached hydrogen (secondary N) is 2. The first-order valence-corrected chi connectivity index (χ1v) is 13.0. The van der Waals surface area contributed by atoms with Crippen molar-refractivity contribution in [2.45, 2.75) is 69.1 Å². The Balaban J connectivity index is 1.40. The fourth-order valence-corrected chi connectivity index (χ4v) is 5.38. The van der Waals surface area contributed by atoms with E-state index in [1.807, 2.05) is 0 Å². The van der Waals surface area contributed by atoms with Gasteiger partial charge in [-0.1, -0.05) is 36.3 Å². The fourth-order valence-electron chi connectivity index (χ4n) is 5.38. The highest BCUT2D eigenvalue weighted by Crippen LogP contribution is 2.40. The summed E-state index contributed by atoms with van der Waals surface area (Å²) < 4.78 is 70.4. The minimum atomic E-state index is -4.58. The Labute approximate surface area is 221 Å². The first-order chi connectivity index (χ1) is 18.7. The molecule has 1 unspecified atom stereocenters. The molecule has 1 aliphatic heterocycles. The molecule has 0 radical (unpaired) electrons. The van der Waals surface area contributed by atoms with Gasteiger partial charge in [-0.25, -0.2) is 8.78 Å². The Kier molecular flexibility index (Phi) is 7.91. The molecule has 3 atom stereocenters. The maximum Gasteiger partial charge on any atom is 0.417 e. The smallest absolute Gasteiger partial charge is 0.347 e. The number of carbonyl (C=O) groups is 1. The number of tetrazole rings is 1. The van der Waals surface area contributed by atoms with Crippen LogP contribution in [0, 0.1) is 0 Å². The van der Waals surface area contributed by atoms with E-state index in [-0.39, 0.29) is 42.5 Å². The minimum Gasteiger partial charge on any atom is -0.347 e. The van der Waals surface area contributed by atoms with Crippen LogP contribution in [0.1, 0.15) is 60.0 Å². The van der Waals surface area contributed by atoms with Gasteiger partial charge in [0.05, 0.1) is 17.3 Å². The third-order valence-electron chi connectivity index (χ3n) is 7.35. The predicted molar refractivity (Wildman–Crippen MR) is 130 cm³/mol. The van der Waals surface area contributed by atoms with Crippen LogP contribution in [0.4, 0.5) is 22.0 Å². The molecule has 2 aromatic heterocycles. The van der Waals surface area contributed by atoms with Crippen LogP contribution in [-0.4, -0.2) is 79.2 Å². The molecule has 0 spiro atoms. The van der Waals surface area contributed by atoms with Crippen LogP contribution in [-0.2, 0) is 12.6 Å². The Hall–Kier alpha value is -3.42. The molecule has 3 heterocycles. The number of alkyl halides is 5. The molecule has 1 amide bonds. The van der Waals surface area contributed by atoms with Crippen molar-refractivity contribution in [1.29, 1.82) is 0 Å². The molecule has 2 aliphatic rings. The molecule has 0 bridgehead atoms. The van der Waals surface area contributed by atoms with E-state index >= 15 is 0 Å². The lowest BCUT2D eigenvalue weighted by Crippen LogP contribution is -2.39. The van der Waals surface area contributed by atoms with Gasteiger partial charge in [0.15, 0.2) is 11.5 Å². The number of carbonyl (C=O) groups excluding carboxylic acids is 1. The van der Waals surface area contributed by atoms with Gasteiger partial charge in [-0.2, -0.15) is 23.5 Å². The summed E-state index contributed by atoms with van der Waals surface area (Å²) >= 11 is 0. The Morgan fingerprint density at radius 1 is 1.13 bits per heavy atom. The third-order valence-corrected chi connectivity index (χ3v) is 7.35. The maximum atomic E-state index is 13.8. The van der Waals surface area contributed by atoms with Crippen LogP contribution in [0.2, 0.25) is 0 Å². The van der Waals surface area contributed by atoms with Gasteiger partial charge in [0.2, 0.25) is 0 Å². The molecule has 3 aromatic rings. The van der Waals surface area contributed by atoms with E-state index in [4.69, 9.17) is 0 Å². The Bertz CT molecular complexity index is 1250. The highest BCUT2D eigenvalue weighted by Gasteiger charge is 2.36. The van der Waals surface area contributed by atoms with Crippen molar-refractivity contribution in [3.63, 3.8) is 0 Å². The van der Waals surface area contributed by atoms with E-state index in [9.17, 15) is 26.7 Å². The number of hydrogen-bond acceptors (Lipinski definition) is 6. The molecule has 1 aromatic carbocycles. The van der Waals surface area contributed by atoms with Crippen LogP contribution in [0.3, 0.4) is 0 Å². The number of rotatable bonds is 9. The number of halogens is 5. The van der Waals surface area contributed by atoms with Gasteiger partial charge in [-0.3, -0.25) is 14.4 Å². The van der Waals surface area contributed by atoms with E-state index in [1.165, 1.54) is 24.3 Å². The molecule has 1 saturated carbocycles. The summed E-state index contributed by atoms with van der Waals surface area (Å²) in [5.74, 6) is -0.233. The fraction of sp³-hybridized carbons (Fsp3) is 0.560. The predicted octanol–water partition coefficient (Wildman–Crippen LogP) is 3.92. The average Bonchev–Trinajstić information content (AvgIpc) is 3.70. The SMILES string of the molecule is O=C(NC(CCN1C[C@H](F)[C@@H](F)C1)Cc1nn[nH]n1)c1cc(-c2ccccc2C(F)(F)F)n(C2CCCC2)n1. The van der Waals surface area contributed by atoms with Crippen LogP contribution >= 0.6 is 0 Å². The Morgan fingerprint density at radius 3 is 2.51 bits per heavy atom. The second kappa shape index (κ2) is 11.4. The summed E-state index contributed by atoms with van der Waals surface area (Å²) in [4.78, 5) is 15.0. The normalized spacial score (nSPS) is 21.5. The number of H-pyrrole nitrogens is 1. The van der Waals surface area contributed by atoms with Gasteiger partial charge in [0, 0.05) is 37.7 Å². The lowest BCUT2D eigenvalue weighted by atomic mass is 10.0. The molecule has 1 saturated heterocycles. The van der Waals surface area contributed by atoms with Crippen molar-refractivity contribution in [1.82, 2.24) is 40.6 Å². The molecule has 210 valence electrons. The molecule has 2 N–H and O–H groups in total. The largest absolute Gasteiger partial charge is 0.417 e. The van der Waals surface area contributed by atoms with Crippen molar-refractivity contribution in [3.8, 4) is 11.3 Å². The van der Waals surface area contributed by atoms with E-state index in [1.54, 1.807) is 9.58 Å². The summed E-state index contributed by atoms with van der Waals surface area (Å²) in [6, 6.07) is 6.01. The summed E-state index contributed by atoms with van der Waals surface area (Å²) in [5.41, 5.74) is -0.619. The number of aromatic amines is 1. The molecule has 14 heteroatoms. The topological polar surface area (TPSA) is 105 Å². The molecule has 39 heavy (non-hydrogen) atoms. The van der Waals surface area contributed by atoms with Crippen LogP contribution in [0.25, 0.3) is 11.3 Å². The standard InChI is InChI=1S/C25H29F5N8O/c26-19-13-37(14-20(19)27)10-9-15(11-23-32-35-36-33-23)31-24(39)21-12-22(38(34-21)16-5-1-2-6-16)17-7-3-4-8-18(17)25(28,29)30/h3-4,7-8,12,15-16,19-20H,1-2,5-6,9-11,13-14H2,(H,31,39)(H,32,33,35,36)/t15?,19-,20-/m0/s1. The number of hydrogen-bond donors (Lipinski definition) is 2. The quantitative estimate of drug-likeness (QED) is 0.390. The van der Waals surface area contributed by atoms with Crippen molar-refractivity contribution in [2.24, 2.45) is 0 Å².